The molecule has 1 aromatic rings. The average Bonchev–Trinajstić information content (AvgIpc) is 2.39. The number of rotatable bonds is 7. The number of ether oxygens (including phenoxy) is 2. The molecule has 1 rings (SSSR count). The number of aryl methyl sites for hydroxylation is 1. The Morgan fingerprint density at radius 1 is 1.24 bits per heavy atom. The highest BCUT2D eigenvalue weighted by Crippen LogP contribution is 2.31. The third-order valence-electron chi connectivity index (χ3n) is 3.29. The Hall–Kier alpha value is -1.27. The predicted molar refractivity (Wildman–Crippen MR) is 75.8 cm³/mol. The second-order valence-corrected chi connectivity index (χ2v) is 4.87. The van der Waals surface area contributed by atoms with Crippen LogP contribution in [0.3, 0.4) is 0 Å². The lowest BCUT2D eigenvalue weighted by molar-refractivity contribution is -0.175. The third-order valence-corrected chi connectivity index (χ3v) is 3.29. The Morgan fingerprint density at radius 2 is 1.90 bits per heavy atom. The lowest BCUT2D eigenvalue weighted by atomic mass is 9.99. The van der Waals surface area contributed by atoms with Gasteiger partial charge in [0.1, 0.15) is 12.4 Å². The van der Waals surface area contributed by atoms with Crippen LogP contribution in [-0.2, 0) is 4.74 Å². The van der Waals surface area contributed by atoms with E-state index >= 15 is 0 Å². The molecule has 0 saturated heterocycles. The Balaban J connectivity index is 2.92. The summed E-state index contributed by atoms with van der Waals surface area (Å²) < 4.78 is 46.8. The highest BCUT2D eigenvalue weighted by atomic mass is 19.4. The topological polar surface area (TPSA) is 30.5 Å². The smallest absolute Gasteiger partial charge is 0.411 e. The zero-order chi connectivity index (χ0) is 16.0. The van der Waals surface area contributed by atoms with E-state index in [-0.39, 0.29) is 12.6 Å². The first-order valence-electron chi connectivity index (χ1n) is 6.82. The fourth-order valence-electron chi connectivity index (χ4n) is 2.15. The van der Waals surface area contributed by atoms with Crippen molar-refractivity contribution in [3.63, 3.8) is 0 Å². The van der Waals surface area contributed by atoms with Gasteiger partial charge >= 0.3 is 6.18 Å². The molecule has 0 aromatic heterocycles. The number of hydrogen-bond donors (Lipinski definition) is 1. The van der Waals surface area contributed by atoms with Gasteiger partial charge in [-0.1, -0.05) is 19.1 Å². The van der Waals surface area contributed by atoms with Gasteiger partial charge in [0, 0.05) is 5.56 Å². The molecule has 21 heavy (non-hydrogen) atoms. The molecule has 0 bridgehead atoms. The highest BCUT2D eigenvalue weighted by molar-refractivity contribution is 5.46. The maximum absolute atomic E-state index is 12.2. The van der Waals surface area contributed by atoms with Crippen molar-refractivity contribution in [3.05, 3.63) is 28.8 Å². The van der Waals surface area contributed by atoms with Crippen molar-refractivity contribution < 1.29 is 22.6 Å². The number of methoxy groups -OCH3 is 1. The Labute approximate surface area is 123 Å². The van der Waals surface area contributed by atoms with Crippen molar-refractivity contribution in [2.45, 2.75) is 33.0 Å². The Bertz CT molecular complexity index is 461. The molecule has 0 aliphatic carbocycles. The summed E-state index contributed by atoms with van der Waals surface area (Å²) in [5, 5.41) is 3.13. The van der Waals surface area contributed by atoms with Gasteiger partial charge < -0.3 is 14.8 Å². The first-order valence-corrected chi connectivity index (χ1v) is 6.82. The molecule has 3 nitrogen and oxygen atoms in total. The van der Waals surface area contributed by atoms with E-state index in [9.17, 15) is 13.2 Å². The minimum Gasteiger partial charge on any atom is -0.496 e. The Kier molecular flexibility index (Phi) is 6.48. The largest absolute Gasteiger partial charge is 0.496 e. The molecule has 1 N–H and O–H groups in total. The zero-order valence-electron chi connectivity index (χ0n) is 12.8. The van der Waals surface area contributed by atoms with Crippen LogP contribution in [0, 0.1) is 13.8 Å². The molecule has 0 aliphatic rings. The molecular formula is C15H22F3NO2. The lowest BCUT2D eigenvalue weighted by Gasteiger charge is -2.23. The summed E-state index contributed by atoms with van der Waals surface area (Å²) in [5.41, 5.74) is 2.86. The molecule has 0 amide bonds. The van der Waals surface area contributed by atoms with Gasteiger partial charge in [-0.25, -0.2) is 0 Å². The molecule has 0 aliphatic heterocycles. The van der Waals surface area contributed by atoms with Crippen LogP contribution < -0.4 is 10.1 Å². The number of benzene rings is 1. The average molecular weight is 305 g/mol. The quantitative estimate of drug-likeness (QED) is 0.836. The van der Waals surface area contributed by atoms with Gasteiger partial charge in [-0.3, -0.25) is 0 Å². The number of likely N-dealkylation sites (N-methyl/N-ethyl adjacent to an activating group) is 1. The monoisotopic (exact) mass is 305 g/mol. The molecule has 0 heterocycles. The van der Waals surface area contributed by atoms with Crippen molar-refractivity contribution in [2.24, 2.45) is 0 Å². The highest BCUT2D eigenvalue weighted by Gasteiger charge is 2.28. The second-order valence-electron chi connectivity index (χ2n) is 4.87. The number of alkyl halides is 3. The summed E-state index contributed by atoms with van der Waals surface area (Å²) in [6.07, 6.45) is -4.32. The maximum atomic E-state index is 12.2. The minimum atomic E-state index is -4.32. The van der Waals surface area contributed by atoms with Crippen LogP contribution in [0.1, 0.15) is 29.7 Å². The molecule has 1 atom stereocenters. The van der Waals surface area contributed by atoms with Crippen LogP contribution in [0.5, 0.6) is 5.75 Å². The van der Waals surface area contributed by atoms with Crippen molar-refractivity contribution >= 4 is 0 Å². The summed E-state index contributed by atoms with van der Waals surface area (Å²) in [6.45, 7) is 5.09. The van der Waals surface area contributed by atoms with Crippen LogP contribution in [0.2, 0.25) is 0 Å². The van der Waals surface area contributed by atoms with Gasteiger partial charge in [0.2, 0.25) is 0 Å². The minimum absolute atomic E-state index is 0.0633. The maximum Gasteiger partial charge on any atom is 0.411 e. The molecule has 1 unspecified atom stereocenters. The van der Waals surface area contributed by atoms with Crippen molar-refractivity contribution in [2.75, 3.05) is 26.9 Å². The summed E-state index contributed by atoms with van der Waals surface area (Å²) in [7, 11) is 1.56. The van der Waals surface area contributed by atoms with Crippen LogP contribution in [-0.4, -0.2) is 33.0 Å². The molecule has 1 aromatic carbocycles. The predicted octanol–water partition coefficient (Wildman–Crippen LogP) is 3.54. The fourth-order valence-corrected chi connectivity index (χ4v) is 2.15. The number of halogens is 3. The van der Waals surface area contributed by atoms with E-state index in [4.69, 9.17) is 9.47 Å². The SMILES string of the molecule is CCNC(COCC(F)(F)F)c1ccc(C)c(C)c1OC. The standard InChI is InChI=1S/C15H22F3NO2/c1-5-19-13(8-21-9-15(16,17)18)12-7-6-10(2)11(3)14(12)20-4/h6-7,13,19H,5,8-9H2,1-4H3. The fraction of sp³-hybridized carbons (Fsp3) is 0.600. The summed E-state index contributed by atoms with van der Waals surface area (Å²) in [4.78, 5) is 0. The molecule has 0 fully saturated rings. The van der Waals surface area contributed by atoms with Crippen LogP contribution >= 0.6 is 0 Å². The number of hydrogen-bond acceptors (Lipinski definition) is 3. The first-order chi connectivity index (χ1) is 9.80. The lowest BCUT2D eigenvalue weighted by Crippen LogP contribution is -2.28. The van der Waals surface area contributed by atoms with E-state index in [1.807, 2.05) is 32.9 Å². The van der Waals surface area contributed by atoms with Crippen LogP contribution in [0.4, 0.5) is 13.2 Å². The molecule has 0 saturated carbocycles. The summed E-state index contributed by atoms with van der Waals surface area (Å²) in [5.74, 6) is 0.691. The van der Waals surface area contributed by atoms with Crippen LogP contribution in [0.15, 0.2) is 12.1 Å². The third kappa shape index (κ3) is 5.21. The van der Waals surface area contributed by atoms with E-state index in [0.29, 0.717) is 12.3 Å². The van der Waals surface area contributed by atoms with Gasteiger partial charge in [-0.2, -0.15) is 13.2 Å². The van der Waals surface area contributed by atoms with E-state index in [2.05, 4.69) is 5.32 Å². The zero-order valence-corrected chi connectivity index (χ0v) is 12.8. The van der Waals surface area contributed by atoms with Gasteiger partial charge in [-0.05, 0) is 31.5 Å². The normalized spacial score (nSPS) is 13.3. The van der Waals surface area contributed by atoms with E-state index in [1.54, 1.807) is 7.11 Å². The van der Waals surface area contributed by atoms with E-state index in [0.717, 1.165) is 16.7 Å². The summed E-state index contributed by atoms with van der Waals surface area (Å²) in [6, 6.07) is 3.46. The molecule has 0 radical (unpaired) electrons. The Morgan fingerprint density at radius 3 is 2.43 bits per heavy atom. The second kappa shape index (κ2) is 7.66. The molecule has 120 valence electrons. The summed E-state index contributed by atoms with van der Waals surface area (Å²) >= 11 is 0. The van der Waals surface area contributed by atoms with E-state index in [1.165, 1.54) is 0 Å². The van der Waals surface area contributed by atoms with Gasteiger partial charge in [0.25, 0.3) is 0 Å². The van der Waals surface area contributed by atoms with Gasteiger partial charge in [-0.15, -0.1) is 0 Å². The molecule has 0 spiro atoms. The van der Waals surface area contributed by atoms with Crippen molar-refractivity contribution in [1.29, 1.82) is 0 Å². The number of nitrogens with one attached hydrogen (secondary N) is 1. The van der Waals surface area contributed by atoms with Crippen molar-refractivity contribution in [1.82, 2.24) is 5.32 Å². The van der Waals surface area contributed by atoms with E-state index < -0.39 is 12.8 Å². The van der Waals surface area contributed by atoms with Crippen molar-refractivity contribution in [3.8, 4) is 5.75 Å². The van der Waals surface area contributed by atoms with Gasteiger partial charge in [0.15, 0.2) is 0 Å². The molecule has 6 heteroatoms. The van der Waals surface area contributed by atoms with Gasteiger partial charge in [0.05, 0.1) is 19.8 Å². The van der Waals surface area contributed by atoms with Crippen LogP contribution in [0.25, 0.3) is 0 Å². The molecular weight excluding hydrogens is 283 g/mol. The first kappa shape index (κ1) is 17.8.